The van der Waals surface area contributed by atoms with Crippen molar-refractivity contribution < 1.29 is 93.4 Å². The molecule has 0 bridgehead atoms. The first-order valence-electron chi connectivity index (χ1n) is 24.3. The van der Waals surface area contributed by atoms with Crippen LogP contribution in [0.25, 0.3) is 0 Å². The second-order valence-electron chi connectivity index (χ2n) is 16.6. The third-order valence-electron chi connectivity index (χ3n) is 11.0. The van der Waals surface area contributed by atoms with Gasteiger partial charge in [-0.15, -0.1) is 0 Å². The molecule has 0 aliphatic carbocycles. The zero-order valence-corrected chi connectivity index (χ0v) is 44.8. The summed E-state index contributed by atoms with van der Waals surface area (Å²) in [6, 6.07) is 0. The minimum absolute atomic E-state index is 0. The van der Waals surface area contributed by atoms with Crippen molar-refractivity contribution in [3.8, 4) is 0 Å². The van der Waals surface area contributed by atoms with Crippen molar-refractivity contribution in [2.24, 2.45) is 0 Å². The average molecular weight is 885 g/mol. The fourth-order valence-electron chi connectivity index (χ4n) is 7.39. The van der Waals surface area contributed by atoms with Gasteiger partial charge in [0.25, 0.3) is 0 Å². The summed E-state index contributed by atoms with van der Waals surface area (Å²) in [5, 5.41) is 0. The molecule has 0 saturated carbocycles. The third-order valence-corrected chi connectivity index (χ3v) is 11.9. The van der Waals surface area contributed by atoms with Gasteiger partial charge in [0.15, 0.2) is 0 Å². The molecule has 0 unspecified atom stereocenters. The Morgan fingerprint density at radius 3 is 0.500 bits per heavy atom. The van der Waals surface area contributed by atoms with Gasteiger partial charge in [0.1, 0.15) is 0 Å². The van der Waals surface area contributed by atoms with Gasteiger partial charge in [0.05, 0.1) is 13.2 Å². The first-order chi connectivity index (χ1) is 27.1. The number of hydrogen-bond acceptors (Lipinski definition) is 8. The molecule has 0 amide bonds. The summed E-state index contributed by atoms with van der Waals surface area (Å²) in [4.78, 5) is 0. The monoisotopic (exact) mass is 885 g/mol. The summed E-state index contributed by atoms with van der Waals surface area (Å²) in [5.74, 6) is 0. The molecule has 58 heavy (non-hydrogen) atoms. The quantitative estimate of drug-likeness (QED) is 0.0256. The maximum Gasteiger partial charge on any atom is 1.00 e. The van der Waals surface area contributed by atoms with Crippen molar-refractivity contribution in [1.82, 2.24) is 0 Å². The van der Waals surface area contributed by atoms with Crippen molar-refractivity contribution in [3.05, 3.63) is 0 Å². The van der Waals surface area contributed by atoms with E-state index in [-0.39, 0.29) is 72.3 Å². The van der Waals surface area contributed by atoms with E-state index in [0.717, 1.165) is 25.7 Å². The van der Waals surface area contributed by atoms with Crippen molar-refractivity contribution in [2.75, 3.05) is 13.2 Å². The second kappa shape index (κ2) is 54.9. The first-order valence-corrected chi connectivity index (χ1v) is 27.0. The molecule has 0 radical (unpaired) electrons. The molecule has 340 valence electrons. The molecule has 0 heterocycles. The largest absolute Gasteiger partial charge is 1.00 e. The van der Waals surface area contributed by atoms with E-state index >= 15 is 0 Å². The molecule has 0 aliphatic heterocycles. The molecule has 0 N–H and O–H groups in total. The summed E-state index contributed by atoms with van der Waals surface area (Å²) in [6.45, 7) is 4.57. The predicted octanol–water partition coefficient (Wildman–Crippen LogP) is 9.36. The molecule has 0 aliphatic rings. The van der Waals surface area contributed by atoms with E-state index in [1.54, 1.807) is 0 Å². The normalized spacial score (nSPS) is 11.5. The van der Waals surface area contributed by atoms with E-state index in [2.05, 4.69) is 22.2 Å². The Kier molecular flexibility index (Phi) is 62.8. The van der Waals surface area contributed by atoms with Gasteiger partial charge in [-0.2, -0.15) is 0 Å². The number of unbranched alkanes of at least 4 members (excludes halogenated alkanes) is 40. The Balaban J connectivity index is -0.000000645. The van der Waals surface area contributed by atoms with Crippen LogP contribution >= 0.6 is 0 Å². The van der Waals surface area contributed by atoms with Gasteiger partial charge in [-0.05, 0) is 12.8 Å². The molecule has 0 saturated heterocycles. The zero-order valence-electron chi connectivity index (χ0n) is 39.2. The minimum Gasteiger partial charge on any atom is -0.726 e. The van der Waals surface area contributed by atoms with Crippen LogP contribution in [0.3, 0.4) is 0 Å². The summed E-state index contributed by atoms with van der Waals surface area (Å²) in [5.41, 5.74) is 0. The van der Waals surface area contributed by atoms with E-state index in [9.17, 15) is 25.9 Å². The second-order valence-corrected chi connectivity index (χ2v) is 18.7. The molecule has 0 aromatic carbocycles. The van der Waals surface area contributed by atoms with Crippen LogP contribution in [-0.2, 0) is 29.2 Å². The molecule has 0 spiro atoms. The molecule has 0 rings (SSSR count). The van der Waals surface area contributed by atoms with Crippen molar-refractivity contribution in [2.45, 2.75) is 284 Å². The van der Waals surface area contributed by atoms with Crippen molar-refractivity contribution >= 4 is 20.8 Å². The van der Waals surface area contributed by atoms with Gasteiger partial charge < -0.3 is 9.11 Å². The van der Waals surface area contributed by atoms with E-state index in [4.69, 9.17) is 0 Å². The Morgan fingerprint density at radius 2 is 0.379 bits per heavy atom. The van der Waals surface area contributed by atoms with Crippen LogP contribution < -0.4 is 59.1 Å². The molecule has 0 fully saturated rings. The Morgan fingerprint density at radius 1 is 0.259 bits per heavy atom. The Bertz CT molecular complexity index is 955. The fraction of sp³-hybridized carbons (Fsp3) is 1.00. The van der Waals surface area contributed by atoms with Gasteiger partial charge in [-0.25, -0.2) is 16.8 Å². The van der Waals surface area contributed by atoms with Gasteiger partial charge in [0, 0.05) is 0 Å². The van der Waals surface area contributed by atoms with Gasteiger partial charge in [-0.3, -0.25) is 8.37 Å². The van der Waals surface area contributed by atoms with Crippen LogP contribution in [0.2, 0.25) is 0 Å². The molecular formula is C46H94Na2O8S2. The summed E-state index contributed by atoms with van der Waals surface area (Å²) in [6.07, 6.45) is 55.6. The summed E-state index contributed by atoms with van der Waals surface area (Å²) in [7, 11) is -8.99. The van der Waals surface area contributed by atoms with Crippen LogP contribution in [0.4, 0.5) is 0 Å². The first kappa shape index (κ1) is 66.3. The summed E-state index contributed by atoms with van der Waals surface area (Å²) < 4.78 is 69.6. The van der Waals surface area contributed by atoms with Crippen LogP contribution in [0.5, 0.6) is 0 Å². The van der Waals surface area contributed by atoms with Crippen molar-refractivity contribution in [3.63, 3.8) is 0 Å². The molecule has 0 aromatic rings. The van der Waals surface area contributed by atoms with Crippen LogP contribution in [0.1, 0.15) is 284 Å². The Labute approximate surface area is 407 Å². The van der Waals surface area contributed by atoms with Gasteiger partial charge in [0.2, 0.25) is 20.8 Å². The third kappa shape index (κ3) is 69.4. The van der Waals surface area contributed by atoms with E-state index in [1.807, 2.05) is 0 Å². The van der Waals surface area contributed by atoms with Gasteiger partial charge >= 0.3 is 59.1 Å². The maximum absolute atomic E-state index is 10.3. The number of rotatable bonds is 46. The van der Waals surface area contributed by atoms with E-state index < -0.39 is 20.8 Å². The molecule has 0 atom stereocenters. The summed E-state index contributed by atoms with van der Waals surface area (Å²) >= 11 is 0. The maximum atomic E-state index is 10.3. The predicted molar refractivity (Wildman–Crippen MR) is 237 cm³/mol. The smallest absolute Gasteiger partial charge is 0.726 e. The molecule has 0 aromatic heterocycles. The topological polar surface area (TPSA) is 133 Å². The number of hydrogen-bond donors (Lipinski definition) is 0. The van der Waals surface area contributed by atoms with E-state index in [1.165, 1.54) is 231 Å². The average Bonchev–Trinajstić information content (AvgIpc) is 3.15. The van der Waals surface area contributed by atoms with Crippen LogP contribution in [0.15, 0.2) is 0 Å². The molecular weight excluding hydrogens is 791 g/mol. The standard InChI is InChI=1S/C34H70O4S.C12H26O4S.2Na/c1-2-3-4-5-6-7-8-9-10-11-12-13-14-15-16-17-18-19-20-21-22-23-24-25-26-27-28-29-30-31-32-33-34-38-39(35,36)37;1-2-3-4-5-6-7-8-9-10-11-12-16-17(13,14)15;;/h2-34H2,1H3,(H,35,36,37);2-12H2,1H3,(H,13,14,15);;/q;;2*+1/p-2. The Hall–Kier alpha value is 1.74. The zero-order chi connectivity index (χ0) is 41.5. The molecule has 12 heteroatoms. The molecule has 8 nitrogen and oxygen atoms in total. The van der Waals surface area contributed by atoms with E-state index in [0.29, 0.717) is 12.8 Å². The fourth-order valence-corrected chi connectivity index (χ4v) is 8.03. The van der Waals surface area contributed by atoms with Crippen LogP contribution in [-0.4, -0.2) is 39.2 Å². The van der Waals surface area contributed by atoms with Crippen LogP contribution in [0, 0.1) is 0 Å². The van der Waals surface area contributed by atoms with Crippen molar-refractivity contribution in [1.29, 1.82) is 0 Å². The SMILES string of the molecule is CCCCCCCCCCCCCCCCCCCCCCCCCCCCCCCCCCOS(=O)(=O)[O-].CCCCCCCCCCCCOS(=O)(=O)[O-].[Na+].[Na+]. The van der Waals surface area contributed by atoms with Gasteiger partial charge in [-0.1, -0.05) is 271 Å². The minimum atomic E-state index is -4.51.